The highest BCUT2D eigenvalue weighted by atomic mass is 16.2. The SMILES string of the molecule is CCCCCCCCCCCCCCNC(=O)C(CC)N(CC)CC. The Bertz CT molecular complexity index is 290. The van der Waals surface area contributed by atoms with Crippen LogP contribution in [0, 0.1) is 0 Å². The lowest BCUT2D eigenvalue weighted by Gasteiger charge is -2.27. The monoisotopic (exact) mass is 354 g/mol. The topological polar surface area (TPSA) is 32.3 Å². The third-order valence-electron chi connectivity index (χ3n) is 5.27. The van der Waals surface area contributed by atoms with Gasteiger partial charge >= 0.3 is 0 Å². The summed E-state index contributed by atoms with van der Waals surface area (Å²) in [6.45, 7) is 11.4. The zero-order chi connectivity index (χ0) is 18.8. The molecule has 1 amide bonds. The van der Waals surface area contributed by atoms with Crippen molar-refractivity contribution in [1.29, 1.82) is 0 Å². The molecule has 0 aromatic rings. The molecule has 0 heterocycles. The second-order valence-electron chi connectivity index (χ2n) is 7.33. The zero-order valence-electron chi connectivity index (χ0n) is 17.7. The summed E-state index contributed by atoms with van der Waals surface area (Å²) < 4.78 is 0. The molecule has 25 heavy (non-hydrogen) atoms. The first-order chi connectivity index (χ1) is 12.2. The molecular formula is C22H46N2O. The molecule has 1 N–H and O–H groups in total. The summed E-state index contributed by atoms with van der Waals surface area (Å²) in [5, 5.41) is 3.14. The maximum atomic E-state index is 12.3. The van der Waals surface area contributed by atoms with Crippen LogP contribution in [-0.2, 0) is 4.79 Å². The van der Waals surface area contributed by atoms with Gasteiger partial charge in [-0.25, -0.2) is 0 Å². The molecule has 0 bridgehead atoms. The van der Waals surface area contributed by atoms with E-state index in [9.17, 15) is 4.79 Å². The summed E-state index contributed by atoms with van der Waals surface area (Å²) in [6, 6.07) is 0.0485. The summed E-state index contributed by atoms with van der Waals surface area (Å²) in [5.74, 6) is 0.217. The number of carbonyl (C=O) groups is 1. The molecule has 0 saturated carbocycles. The Kier molecular flexibility index (Phi) is 17.8. The molecule has 0 aromatic heterocycles. The number of carbonyl (C=O) groups excluding carboxylic acids is 1. The fraction of sp³-hybridized carbons (Fsp3) is 0.955. The molecule has 0 saturated heterocycles. The van der Waals surface area contributed by atoms with Gasteiger partial charge < -0.3 is 5.32 Å². The van der Waals surface area contributed by atoms with Crippen molar-refractivity contribution in [2.24, 2.45) is 0 Å². The van der Waals surface area contributed by atoms with E-state index in [1.807, 2.05) is 0 Å². The number of likely N-dealkylation sites (N-methyl/N-ethyl adjacent to an activating group) is 1. The normalized spacial score (nSPS) is 12.5. The highest BCUT2D eigenvalue weighted by Gasteiger charge is 2.21. The van der Waals surface area contributed by atoms with Gasteiger partial charge in [-0.1, -0.05) is 98.3 Å². The molecular weight excluding hydrogens is 308 g/mol. The Balaban J connectivity index is 3.47. The average Bonchev–Trinajstić information content (AvgIpc) is 2.63. The fourth-order valence-corrected chi connectivity index (χ4v) is 3.57. The van der Waals surface area contributed by atoms with Gasteiger partial charge in [0, 0.05) is 6.54 Å². The Labute approximate surface area is 158 Å². The van der Waals surface area contributed by atoms with Crippen LogP contribution in [-0.4, -0.2) is 36.5 Å². The lowest BCUT2D eigenvalue weighted by Crippen LogP contribution is -2.46. The quantitative estimate of drug-likeness (QED) is 0.310. The number of amides is 1. The van der Waals surface area contributed by atoms with Crippen LogP contribution in [0.1, 0.15) is 111 Å². The van der Waals surface area contributed by atoms with Crippen LogP contribution in [0.25, 0.3) is 0 Å². The number of hydrogen-bond donors (Lipinski definition) is 1. The summed E-state index contributed by atoms with van der Waals surface area (Å²) in [4.78, 5) is 14.5. The highest BCUT2D eigenvalue weighted by Crippen LogP contribution is 2.11. The van der Waals surface area contributed by atoms with Gasteiger partial charge in [0.15, 0.2) is 0 Å². The first-order valence-corrected chi connectivity index (χ1v) is 11.2. The van der Waals surface area contributed by atoms with Gasteiger partial charge in [0.1, 0.15) is 0 Å². The third-order valence-corrected chi connectivity index (χ3v) is 5.27. The molecule has 1 unspecified atom stereocenters. The summed E-state index contributed by atoms with van der Waals surface area (Å²) >= 11 is 0. The van der Waals surface area contributed by atoms with Gasteiger partial charge in [-0.05, 0) is 25.9 Å². The van der Waals surface area contributed by atoms with Crippen LogP contribution >= 0.6 is 0 Å². The van der Waals surface area contributed by atoms with E-state index in [1.165, 1.54) is 70.6 Å². The summed E-state index contributed by atoms with van der Waals surface area (Å²) in [6.07, 6.45) is 17.2. The molecule has 0 spiro atoms. The largest absolute Gasteiger partial charge is 0.355 e. The molecule has 0 aromatic carbocycles. The van der Waals surface area contributed by atoms with Crippen molar-refractivity contribution in [1.82, 2.24) is 10.2 Å². The van der Waals surface area contributed by atoms with Crippen molar-refractivity contribution in [2.45, 2.75) is 117 Å². The smallest absolute Gasteiger partial charge is 0.237 e. The minimum Gasteiger partial charge on any atom is -0.355 e. The Hall–Kier alpha value is -0.570. The van der Waals surface area contributed by atoms with E-state index in [2.05, 4.69) is 37.9 Å². The maximum absolute atomic E-state index is 12.3. The molecule has 0 rings (SSSR count). The number of rotatable bonds is 18. The Morgan fingerprint density at radius 1 is 0.720 bits per heavy atom. The predicted octanol–water partition coefficient (Wildman–Crippen LogP) is 5.92. The van der Waals surface area contributed by atoms with Gasteiger partial charge in [-0.2, -0.15) is 0 Å². The van der Waals surface area contributed by atoms with Crippen molar-refractivity contribution < 1.29 is 4.79 Å². The molecule has 0 aliphatic rings. The molecule has 3 nitrogen and oxygen atoms in total. The van der Waals surface area contributed by atoms with Crippen LogP contribution in [0.3, 0.4) is 0 Å². The van der Waals surface area contributed by atoms with E-state index in [0.29, 0.717) is 0 Å². The van der Waals surface area contributed by atoms with Crippen LogP contribution in [0.2, 0.25) is 0 Å². The molecule has 150 valence electrons. The van der Waals surface area contributed by atoms with Gasteiger partial charge in [0.25, 0.3) is 0 Å². The molecule has 0 aliphatic heterocycles. The number of nitrogens with zero attached hydrogens (tertiary/aromatic N) is 1. The van der Waals surface area contributed by atoms with Gasteiger partial charge in [0.05, 0.1) is 6.04 Å². The minimum absolute atomic E-state index is 0.0485. The van der Waals surface area contributed by atoms with Crippen molar-refractivity contribution in [3.8, 4) is 0 Å². The van der Waals surface area contributed by atoms with Crippen LogP contribution in [0.5, 0.6) is 0 Å². The first-order valence-electron chi connectivity index (χ1n) is 11.2. The molecule has 0 radical (unpaired) electrons. The zero-order valence-corrected chi connectivity index (χ0v) is 17.7. The van der Waals surface area contributed by atoms with Crippen molar-refractivity contribution in [3.05, 3.63) is 0 Å². The maximum Gasteiger partial charge on any atom is 0.237 e. The molecule has 3 heteroatoms. The van der Waals surface area contributed by atoms with E-state index in [0.717, 1.165) is 32.5 Å². The summed E-state index contributed by atoms with van der Waals surface area (Å²) in [7, 11) is 0. The van der Waals surface area contributed by atoms with Crippen molar-refractivity contribution in [3.63, 3.8) is 0 Å². The Morgan fingerprint density at radius 3 is 1.56 bits per heavy atom. The highest BCUT2D eigenvalue weighted by molar-refractivity contribution is 5.81. The fourth-order valence-electron chi connectivity index (χ4n) is 3.57. The average molecular weight is 355 g/mol. The van der Waals surface area contributed by atoms with E-state index >= 15 is 0 Å². The van der Waals surface area contributed by atoms with Crippen molar-refractivity contribution in [2.75, 3.05) is 19.6 Å². The second-order valence-corrected chi connectivity index (χ2v) is 7.33. The minimum atomic E-state index is 0.0485. The van der Waals surface area contributed by atoms with Gasteiger partial charge in [0.2, 0.25) is 5.91 Å². The van der Waals surface area contributed by atoms with Crippen LogP contribution < -0.4 is 5.32 Å². The van der Waals surface area contributed by atoms with Gasteiger partial charge in [-0.3, -0.25) is 9.69 Å². The first kappa shape index (κ1) is 24.4. The van der Waals surface area contributed by atoms with E-state index < -0.39 is 0 Å². The molecule has 1 atom stereocenters. The van der Waals surface area contributed by atoms with E-state index in [-0.39, 0.29) is 11.9 Å². The van der Waals surface area contributed by atoms with Gasteiger partial charge in [-0.15, -0.1) is 0 Å². The van der Waals surface area contributed by atoms with Crippen LogP contribution in [0.4, 0.5) is 0 Å². The van der Waals surface area contributed by atoms with Crippen molar-refractivity contribution >= 4 is 5.91 Å². The van der Waals surface area contributed by atoms with E-state index in [1.54, 1.807) is 0 Å². The lowest BCUT2D eigenvalue weighted by molar-refractivity contribution is -0.126. The standard InChI is InChI=1S/C22H46N2O/c1-5-9-10-11-12-13-14-15-16-17-18-19-20-23-22(25)21(6-2)24(7-3)8-4/h21H,5-20H2,1-4H3,(H,23,25). The molecule has 0 aliphatic carbocycles. The third kappa shape index (κ3) is 13.3. The second kappa shape index (κ2) is 18.2. The predicted molar refractivity (Wildman–Crippen MR) is 111 cm³/mol. The van der Waals surface area contributed by atoms with Crippen LogP contribution in [0.15, 0.2) is 0 Å². The van der Waals surface area contributed by atoms with E-state index in [4.69, 9.17) is 0 Å². The number of nitrogens with one attached hydrogen (secondary N) is 1. The lowest BCUT2D eigenvalue weighted by atomic mass is 10.1. The molecule has 0 fully saturated rings. The summed E-state index contributed by atoms with van der Waals surface area (Å²) in [5.41, 5.74) is 0. The Morgan fingerprint density at radius 2 is 1.16 bits per heavy atom. The number of unbranched alkanes of at least 4 members (excludes halogenated alkanes) is 11. The number of hydrogen-bond acceptors (Lipinski definition) is 2.